The number of hydrogen-bond acceptors (Lipinski definition) is 6. The summed E-state index contributed by atoms with van der Waals surface area (Å²) in [6, 6.07) is 1.71. The summed E-state index contributed by atoms with van der Waals surface area (Å²) in [6.07, 6.45) is 1.000. The van der Waals surface area contributed by atoms with Crippen LogP contribution in [0.4, 0.5) is 16.3 Å². The Hall–Kier alpha value is -2.38. The number of carbonyl (C=O) groups is 1. The Morgan fingerprint density at radius 1 is 1.39 bits per heavy atom. The van der Waals surface area contributed by atoms with Crippen molar-refractivity contribution in [1.82, 2.24) is 9.88 Å². The summed E-state index contributed by atoms with van der Waals surface area (Å²) in [5.74, 6) is 1.01. The highest BCUT2D eigenvalue weighted by atomic mass is 16.6. The average Bonchev–Trinajstić information content (AvgIpc) is 2.52. The summed E-state index contributed by atoms with van der Waals surface area (Å²) in [7, 11) is 0. The molecular weight excluding hydrogens is 300 g/mol. The SMILES string of the molecule is Cc1cc(N2CCN(C(=O)OCC(C)C)CC2)ncc1[N+](=O)[O-]. The molecule has 8 heteroatoms. The lowest BCUT2D eigenvalue weighted by Crippen LogP contribution is -2.49. The third-order valence-corrected chi connectivity index (χ3v) is 3.67. The molecule has 1 aromatic rings. The van der Waals surface area contributed by atoms with Crippen LogP contribution in [0, 0.1) is 23.0 Å². The van der Waals surface area contributed by atoms with E-state index in [-0.39, 0.29) is 11.8 Å². The molecule has 1 amide bonds. The number of ether oxygens (including phenoxy) is 1. The minimum absolute atomic E-state index is 0.0182. The van der Waals surface area contributed by atoms with Crippen LogP contribution in [-0.4, -0.2) is 53.7 Å². The van der Waals surface area contributed by atoms with E-state index in [4.69, 9.17) is 4.74 Å². The van der Waals surface area contributed by atoms with Crippen LogP contribution in [0.15, 0.2) is 12.3 Å². The van der Waals surface area contributed by atoms with E-state index >= 15 is 0 Å². The minimum Gasteiger partial charge on any atom is -0.449 e. The fourth-order valence-electron chi connectivity index (χ4n) is 2.35. The lowest BCUT2D eigenvalue weighted by molar-refractivity contribution is -0.385. The van der Waals surface area contributed by atoms with Gasteiger partial charge in [-0.15, -0.1) is 0 Å². The van der Waals surface area contributed by atoms with E-state index in [1.807, 2.05) is 18.7 Å². The Morgan fingerprint density at radius 3 is 2.57 bits per heavy atom. The van der Waals surface area contributed by atoms with E-state index in [1.165, 1.54) is 6.20 Å². The van der Waals surface area contributed by atoms with E-state index in [9.17, 15) is 14.9 Å². The van der Waals surface area contributed by atoms with Crippen molar-refractivity contribution >= 4 is 17.6 Å². The molecule has 0 aromatic carbocycles. The zero-order chi connectivity index (χ0) is 17.0. The standard InChI is InChI=1S/C15H22N4O4/c1-11(2)10-23-15(20)18-6-4-17(5-7-18)14-8-12(3)13(9-16-14)19(21)22/h8-9,11H,4-7,10H2,1-3H3. The van der Waals surface area contributed by atoms with Gasteiger partial charge in [-0.1, -0.05) is 13.8 Å². The van der Waals surface area contributed by atoms with Gasteiger partial charge in [0.05, 0.1) is 11.5 Å². The minimum atomic E-state index is -0.436. The van der Waals surface area contributed by atoms with Crippen LogP contribution < -0.4 is 4.90 Å². The molecule has 0 saturated carbocycles. The molecule has 2 heterocycles. The molecule has 2 rings (SSSR count). The second-order valence-corrected chi connectivity index (χ2v) is 6.03. The molecule has 1 aliphatic rings. The molecular formula is C15H22N4O4. The maximum absolute atomic E-state index is 11.9. The molecule has 23 heavy (non-hydrogen) atoms. The van der Waals surface area contributed by atoms with Gasteiger partial charge in [0.2, 0.25) is 0 Å². The molecule has 1 aromatic heterocycles. The maximum Gasteiger partial charge on any atom is 0.409 e. The normalized spacial score (nSPS) is 15.0. The second kappa shape index (κ2) is 7.26. The largest absolute Gasteiger partial charge is 0.449 e. The van der Waals surface area contributed by atoms with E-state index in [0.717, 1.165) is 0 Å². The van der Waals surface area contributed by atoms with Gasteiger partial charge >= 0.3 is 6.09 Å². The van der Waals surface area contributed by atoms with Crippen LogP contribution in [0.25, 0.3) is 0 Å². The first-order valence-electron chi connectivity index (χ1n) is 7.66. The highest BCUT2D eigenvalue weighted by Gasteiger charge is 2.24. The van der Waals surface area contributed by atoms with E-state index in [2.05, 4.69) is 4.98 Å². The van der Waals surface area contributed by atoms with Crippen molar-refractivity contribution in [2.75, 3.05) is 37.7 Å². The number of nitrogens with zero attached hydrogens (tertiary/aromatic N) is 4. The zero-order valence-electron chi connectivity index (χ0n) is 13.7. The third kappa shape index (κ3) is 4.30. The Labute approximate surface area is 135 Å². The van der Waals surface area contributed by atoms with E-state index in [0.29, 0.717) is 50.1 Å². The van der Waals surface area contributed by atoms with Crippen molar-refractivity contribution in [2.24, 2.45) is 5.92 Å². The zero-order valence-corrected chi connectivity index (χ0v) is 13.7. The smallest absolute Gasteiger partial charge is 0.409 e. The summed E-state index contributed by atoms with van der Waals surface area (Å²) in [5, 5.41) is 10.8. The van der Waals surface area contributed by atoms with E-state index < -0.39 is 4.92 Å². The maximum atomic E-state index is 11.9. The van der Waals surface area contributed by atoms with Crippen LogP contribution in [0.3, 0.4) is 0 Å². The van der Waals surface area contributed by atoms with Crippen LogP contribution in [0.1, 0.15) is 19.4 Å². The molecule has 0 radical (unpaired) electrons. The van der Waals surface area contributed by atoms with Gasteiger partial charge < -0.3 is 14.5 Å². The van der Waals surface area contributed by atoms with Crippen molar-refractivity contribution in [1.29, 1.82) is 0 Å². The van der Waals surface area contributed by atoms with Gasteiger partial charge in [-0.3, -0.25) is 10.1 Å². The van der Waals surface area contributed by atoms with Crippen LogP contribution in [0.5, 0.6) is 0 Å². The number of carbonyl (C=O) groups excluding carboxylic acids is 1. The van der Waals surface area contributed by atoms with Gasteiger partial charge in [0.25, 0.3) is 5.69 Å². The molecule has 1 aliphatic heterocycles. The molecule has 0 aliphatic carbocycles. The summed E-state index contributed by atoms with van der Waals surface area (Å²) in [4.78, 5) is 30.2. The quantitative estimate of drug-likeness (QED) is 0.624. The molecule has 0 N–H and O–H groups in total. The number of rotatable bonds is 4. The van der Waals surface area contributed by atoms with Gasteiger partial charge in [0.15, 0.2) is 0 Å². The van der Waals surface area contributed by atoms with Gasteiger partial charge in [0, 0.05) is 31.7 Å². The second-order valence-electron chi connectivity index (χ2n) is 6.03. The van der Waals surface area contributed by atoms with Crippen molar-refractivity contribution in [3.63, 3.8) is 0 Å². The van der Waals surface area contributed by atoms with Crippen LogP contribution in [0.2, 0.25) is 0 Å². The average molecular weight is 322 g/mol. The Kier molecular flexibility index (Phi) is 5.36. The number of aromatic nitrogens is 1. The predicted molar refractivity (Wildman–Crippen MR) is 85.6 cm³/mol. The summed E-state index contributed by atoms with van der Waals surface area (Å²) >= 11 is 0. The van der Waals surface area contributed by atoms with Gasteiger partial charge in [-0.05, 0) is 18.9 Å². The first-order chi connectivity index (χ1) is 10.9. The molecule has 126 valence electrons. The number of anilines is 1. The number of nitro groups is 1. The highest BCUT2D eigenvalue weighted by molar-refractivity contribution is 5.68. The number of hydrogen-bond donors (Lipinski definition) is 0. The molecule has 1 fully saturated rings. The summed E-state index contributed by atoms with van der Waals surface area (Å²) < 4.78 is 5.22. The fourth-order valence-corrected chi connectivity index (χ4v) is 2.35. The van der Waals surface area contributed by atoms with Gasteiger partial charge in [-0.25, -0.2) is 9.78 Å². The van der Waals surface area contributed by atoms with Crippen molar-refractivity contribution in [2.45, 2.75) is 20.8 Å². The van der Waals surface area contributed by atoms with Gasteiger partial charge in [-0.2, -0.15) is 0 Å². The number of aryl methyl sites for hydroxylation is 1. The van der Waals surface area contributed by atoms with Crippen LogP contribution >= 0.6 is 0 Å². The Balaban J connectivity index is 1.93. The van der Waals surface area contributed by atoms with Crippen molar-refractivity contribution in [3.8, 4) is 0 Å². The van der Waals surface area contributed by atoms with Crippen molar-refractivity contribution in [3.05, 3.63) is 27.9 Å². The van der Waals surface area contributed by atoms with E-state index in [1.54, 1.807) is 17.9 Å². The molecule has 8 nitrogen and oxygen atoms in total. The Morgan fingerprint density at radius 2 is 2.04 bits per heavy atom. The molecule has 0 spiro atoms. The number of pyridine rings is 1. The molecule has 0 atom stereocenters. The first kappa shape index (κ1) is 17.0. The monoisotopic (exact) mass is 322 g/mol. The summed E-state index contributed by atoms with van der Waals surface area (Å²) in [5.41, 5.74) is 0.600. The topological polar surface area (TPSA) is 88.8 Å². The summed E-state index contributed by atoms with van der Waals surface area (Å²) in [6.45, 7) is 8.46. The molecule has 1 saturated heterocycles. The lowest BCUT2D eigenvalue weighted by atomic mass is 10.2. The van der Waals surface area contributed by atoms with Crippen molar-refractivity contribution < 1.29 is 14.5 Å². The Bertz CT molecular complexity index is 583. The number of amides is 1. The molecule has 0 unspecified atom stereocenters. The predicted octanol–water partition coefficient (Wildman–Crippen LogP) is 2.21. The number of piperazine rings is 1. The molecule has 0 bridgehead atoms. The third-order valence-electron chi connectivity index (χ3n) is 3.67. The lowest BCUT2D eigenvalue weighted by Gasteiger charge is -2.34. The first-order valence-corrected chi connectivity index (χ1v) is 7.66. The van der Waals surface area contributed by atoms with Gasteiger partial charge in [0.1, 0.15) is 12.0 Å². The van der Waals surface area contributed by atoms with Crippen LogP contribution in [-0.2, 0) is 4.74 Å². The fraction of sp³-hybridized carbons (Fsp3) is 0.600. The highest BCUT2D eigenvalue weighted by Crippen LogP contribution is 2.22.